The van der Waals surface area contributed by atoms with Gasteiger partial charge in [0.25, 0.3) is 0 Å². The number of carbonyl (C=O) groups excluding carboxylic acids is 1. The van der Waals surface area contributed by atoms with Crippen LogP contribution in [0.25, 0.3) is 0 Å². The number of amides is 1. The Hall–Kier alpha value is -2.33. The van der Waals surface area contributed by atoms with E-state index >= 15 is 0 Å². The Bertz CT molecular complexity index is 669. The molecule has 0 spiro atoms. The normalized spacial score (nSPS) is 17.1. The fourth-order valence-corrected chi connectivity index (χ4v) is 2.69. The zero-order chi connectivity index (χ0) is 14.8. The van der Waals surface area contributed by atoms with Gasteiger partial charge in [0.1, 0.15) is 5.75 Å². The van der Waals surface area contributed by atoms with Crippen LogP contribution in [0.1, 0.15) is 11.1 Å². The van der Waals surface area contributed by atoms with Crippen molar-refractivity contribution in [1.82, 2.24) is 5.32 Å². The van der Waals surface area contributed by atoms with Crippen LogP contribution in [-0.4, -0.2) is 24.1 Å². The number of likely N-dealkylation sites (N-methyl/N-ethyl adjacent to an activating group) is 1. The van der Waals surface area contributed by atoms with Crippen LogP contribution in [0.4, 0.5) is 5.69 Å². The molecule has 0 radical (unpaired) electrons. The number of fused-ring (bicyclic) bond motifs is 1. The molecule has 1 aliphatic rings. The second-order valence-electron chi connectivity index (χ2n) is 5.32. The van der Waals surface area contributed by atoms with Crippen molar-refractivity contribution in [3.05, 3.63) is 59.7 Å². The topological polar surface area (TPSA) is 52.6 Å². The van der Waals surface area contributed by atoms with Crippen LogP contribution in [0.2, 0.25) is 0 Å². The molecule has 4 heteroatoms. The van der Waals surface area contributed by atoms with Gasteiger partial charge < -0.3 is 15.3 Å². The summed E-state index contributed by atoms with van der Waals surface area (Å²) in [5.74, 6) is 0.171. The lowest BCUT2D eigenvalue weighted by molar-refractivity contribution is -0.120. The van der Waals surface area contributed by atoms with E-state index in [1.807, 2.05) is 18.2 Å². The van der Waals surface area contributed by atoms with E-state index in [9.17, 15) is 9.90 Å². The van der Waals surface area contributed by atoms with Crippen molar-refractivity contribution in [3.8, 4) is 5.75 Å². The number of nitrogens with zero attached hydrogens (tertiary/aromatic N) is 1. The number of aromatic hydroxyl groups is 1. The van der Waals surface area contributed by atoms with Gasteiger partial charge in [-0.2, -0.15) is 0 Å². The third kappa shape index (κ3) is 2.76. The van der Waals surface area contributed by atoms with Gasteiger partial charge in [-0.3, -0.25) is 4.79 Å². The summed E-state index contributed by atoms with van der Waals surface area (Å²) in [4.78, 5) is 14.2. The lowest BCUT2D eigenvalue weighted by atomic mass is 9.95. The molecule has 1 heterocycles. The van der Waals surface area contributed by atoms with E-state index in [-0.39, 0.29) is 17.7 Å². The Morgan fingerprint density at radius 3 is 2.71 bits per heavy atom. The molecule has 4 nitrogen and oxygen atoms in total. The highest BCUT2D eigenvalue weighted by molar-refractivity contribution is 5.97. The number of phenolic OH excluding ortho intramolecular Hbond substituents is 1. The van der Waals surface area contributed by atoms with Crippen molar-refractivity contribution in [2.75, 3.05) is 11.9 Å². The van der Waals surface area contributed by atoms with Crippen LogP contribution in [0, 0.1) is 0 Å². The van der Waals surface area contributed by atoms with E-state index in [4.69, 9.17) is 0 Å². The third-order valence-corrected chi connectivity index (χ3v) is 3.93. The molecular weight excluding hydrogens is 264 g/mol. The number of carbonyl (C=O) groups is 1. The third-order valence-electron chi connectivity index (χ3n) is 3.93. The van der Waals surface area contributed by atoms with Crippen LogP contribution in [-0.2, 0) is 17.8 Å². The maximum atomic E-state index is 12.6. The smallest absolute Gasteiger partial charge is 0.244 e. The number of nitrogens with one attached hydrogen (secondary N) is 1. The second kappa shape index (κ2) is 5.58. The number of phenols is 1. The van der Waals surface area contributed by atoms with Gasteiger partial charge >= 0.3 is 0 Å². The first-order valence-electron chi connectivity index (χ1n) is 7.02. The van der Waals surface area contributed by atoms with Crippen molar-refractivity contribution < 1.29 is 9.90 Å². The van der Waals surface area contributed by atoms with Crippen molar-refractivity contribution in [1.29, 1.82) is 0 Å². The zero-order valence-electron chi connectivity index (χ0n) is 11.9. The summed E-state index contributed by atoms with van der Waals surface area (Å²) in [7, 11) is 1.74. The monoisotopic (exact) mass is 282 g/mol. The van der Waals surface area contributed by atoms with Crippen LogP contribution < -0.4 is 10.2 Å². The lowest BCUT2D eigenvalue weighted by Crippen LogP contribution is -2.48. The highest BCUT2D eigenvalue weighted by Crippen LogP contribution is 2.22. The number of hydrogen-bond acceptors (Lipinski definition) is 3. The molecule has 2 N–H and O–H groups in total. The average molecular weight is 282 g/mol. The number of hydrogen-bond donors (Lipinski definition) is 2. The molecular formula is C17H18N2O2. The van der Waals surface area contributed by atoms with Crippen molar-refractivity contribution in [2.45, 2.75) is 19.0 Å². The average Bonchev–Trinajstić information content (AvgIpc) is 2.53. The van der Waals surface area contributed by atoms with Crippen molar-refractivity contribution in [2.24, 2.45) is 0 Å². The summed E-state index contributed by atoms with van der Waals surface area (Å²) >= 11 is 0. The van der Waals surface area contributed by atoms with Crippen molar-refractivity contribution in [3.63, 3.8) is 0 Å². The van der Waals surface area contributed by atoms with Crippen LogP contribution in [0.15, 0.2) is 48.5 Å². The minimum absolute atomic E-state index is 0.00935. The van der Waals surface area contributed by atoms with Crippen molar-refractivity contribution >= 4 is 11.6 Å². The predicted octanol–water partition coefficient (Wildman–Crippen LogP) is 2.07. The van der Waals surface area contributed by atoms with Gasteiger partial charge in [0.2, 0.25) is 5.91 Å². The Balaban J connectivity index is 1.77. The van der Waals surface area contributed by atoms with Gasteiger partial charge in [-0.15, -0.1) is 0 Å². The zero-order valence-corrected chi connectivity index (χ0v) is 11.9. The molecule has 1 atom stereocenters. The second-order valence-corrected chi connectivity index (χ2v) is 5.32. The number of anilines is 1. The molecule has 2 aromatic rings. The van der Waals surface area contributed by atoms with Gasteiger partial charge in [0.05, 0.1) is 6.04 Å². The Morgan fingerprint density at radius 2 is 1.95 bits per heavy atom. The maximum absolute atomic E-state index is 12.6. The fourth-order valence-electron chi connectivity index (χ4n) is 2.69. The molecule has 108 valence electrons. The summed E-state index contributed by atoms with van der Waals surface area (Å²) < 4.78 is 0. The lowest BCUT2D eigenvalue weighted by Gasteiger charge is -2.29. The van der Waals surface area contributed by atoms with Gasteiger partial charge in [-0.1, -0.05) is 30.3 Å². The van der Waals surface area contributed by atoms with Gasteiger partial charge in [-0.05, 0) is 29.7 Å². The molecule has 1 unspecified atom stereocenters. The fraction of sp³-hybridized carbons (Fsp3) is 0.235. The molecule has 1 amide bonds. The van der Waals surface area contributed by atoms with Gasteiger partial charge in [0, 0.05) is 25.3 Å². The molecule has 2 aromatic carbocycles. The van der Waals surface area contributed by atoms with Gasteiger partial charge in [0.15, 0.2) is 0 Å². The molecule has 0 fully saturated rings. The number of benzene rings is 2. The molecule has 0 saturated carbocycles. The summed E-state index contributed by atoms with van der Waals surface area (Å²) in [5, 5.41) is 12.8. The van der Waals surface area contributed by atoms with Crippen LogP contribution >= 0.6 is 0 Å². The van der Waals surface area contributed by atoms with E-state index in [1.54, 1.807) is 30.1 Å². The first-order chi connectivity index (χ1) is 10.1. The largest absolute Gasteiger partial charge is 0.508 e. The predicted molar refractivity (Wildman–Crippen MR) is 82.3 cm³/mol. The Kier molecular flexibility index (Phi) is 3.62. The maximum Gasteiger partial charge on any atom is 0.244 e. The quantitative estimate of drug-likeness (QED) is 0.886. The Morgan fingerprint density at radius 1 is 1.19 bits per heavy atom. The number of rotatable bonds is 2. The minimum atomic E-state index is -0.229. The molecule has 3 rings (SSSR count). The molecule has 0 saturated heterocycles. The SMILES string of the molecule is CN(C(=O)C1Cc2ccccc2CN1)c1cccc(O)c1. The van der Waals surface area contributed by atoms with E-state index in [0.717, 1.165) is 0 Å². The van der Waals surface area contributed by atoms with E-state index in [1.165, 1.54) is 11.1 Å². The van der Waals surface area contributed by atoms with E-state index < -0.39 is 0 Å². The minimum Gasteiger partial charge on any atom is -0.508 e. The summed E-state index contributed by atoms with van der Waals surface area (Å²) in [6.07, 6.45) is 0.693. The van der Waals surface area contributed by atoms with E-state index in [0.29, 0.717) is 18.7 Å². The molecule has 0 aromatic heterocycles. The highest BCUT2D eigenvalue weighted by atomic mass is 16.3. The molecule has 0 aliphatic carbocycles. The first kappa shape index (κ1) is 13.6. The standard InChI is InChI=1S/C17H18N2O2/c1-19(14-7-4-8-15(20)10-14)17(21)16-9-12-5-2-3-6-13(12)11-18-16/h2-8,10,16,18,20H,9,11H2,1H3. The highest BCUT2D eigenvalue weighted by Gasteiger charge is 2.26. The summed E-state index contributed by atoms with van der Waals surface area (Å²) in [5.41, 5.74) is 3.17. The van der Waals surface area contributed by atoms with Crippen LogP contribution in [0.3, 0.4) is 0 Å². The molecule has 21 heavy (non-hydrogen) atoms. The molecule has 1 aliphatic heterocycles. The van der Waals surface area contributed by atoms with Crippen LogP contribution in [0.5, 0.6) is 5.75 Å². The first-order valence-corrected chi connectivity index (χ1v) is 7.02. The molecule has 0 bridgehead atoms. The summed E-state index contributed by atoms with van der Waals surface area (Å²) in [6.45, 7) is 0.709. The summed E-state index contributed by atoms with van der Waals surface area (Å²) in [6, 6.07) is 14.7. The Labute approximate surface area is 124 Å². The van der Waals surface area contributed by atoms with Gasteiger partial charge in [-0.25, -0.2) is 0 Å². The van der Waals surface area contributed by atoms with E-state index in [2.05, 4.69) is 17.4 Å².